The molecule has 0 unspecified atom stereocenters. The molecule has 0 aromatic heterocycles. The molecule has 28 heavy (non-hydrogen) atoms. The van der Waals surface area contributed by atoms with Crippen LogP contribution in [0.3, 0.4) is 0 Å². The Morgan fingerprint density at radius 2 is 1.54 bits per heavy atom. The highest BCUT2D eigenvalue weighted by Crippen LogP contribution is 2.15. The van der Waals surface area contributed by atoms with Gasteiger partial charge in [0.15, 0.2) is 12.4 Å². The number of carbonyl (C=O) groups excluding carboxylic acids is 2. The van der Waals surface area contributed by atoms with Gasteiger partial charge < -0.3 is 10.1 Å². The second-order valence-electron chi connectivity index (χ2n) is 6.37. The number of nitrogens with one attached hydrogen (secondary N) is 1. The number of Topliss-reactive ketones (excluding diaryl/α,β-unsaturated/α-hetero) is 1. The van der Waals surface area contributed by atoms with Crippen LogP contribution in [0, 0.1) is 12.7 Å². The van der Waals surface area contributed by atoms with Crippen LogP contribution in [0.1, 0.15) is 31.8 Å². The Balaban J connectivity index is 1.52. The van der Waals surface area contributed by atoms with Gasteiger partial charge in [0, 0.05) is 17.8 Å². The van der Waals surface area contributed by atoms with Crippen molar-refractivity contribution in [2.24, 2.45) is 0 Å². The molecular weight excluding hydrogens is 357 g/mol. The number of rotatable bonds is 7. The largest absolute Gasteiger partial charge is 0.454 e. The number of hydrogen-bond acceptors (Lipinski definition) is 4. The number of esters is 1. The Morgan fingerprint density at radius 3 is 2.21 bits per heavy atom. The number of aryl methyl sites for hydroxylation is 1. The minimum atomic E-state index is -0.575. The molecule has 0 aliphatic rings. The summed E-state index contributed by atoms with van der Waals surface area (Å²) >= 11 is 0. The SMILES string of the molecule is Cc1ccccc1NCc1ccc(C(=O)OCC(=O)c2ccc(F)cc2)cc1. The fourth-order valence-corrected chi connectivity index (χ4v) is 2.66. The van der Waals surface area contributed by atoms with Crippen molar-refractivity contribution in [3.8, 4) is 0 Å². The van der Waals surface area contributed by atoms with Crippen LogP contribution in [-0.4, -0.2) is 18.4 Å². The molecule has 0 heterocycles. The van der Waals surface area contributed by atoms with Gasteiger partial charge in [0.2, 0.25) is 0 Å². The topological polar surface area (TPSA) is 55.4 Å². The van der Waals surface area contributed by atoms with Gasteiger partial charge in [0.1, 0.15) is 5.82 Å². The molecule has 4 nitrogen and oxygen atoms in total. The van der Waals surface area contributed by atoms with E-state index in [9.17, 15) is 14.0 Å². The van der Waals surface area contributed by atoms with Crippen LogP contribution in [0.4, 0.5) is 10.1 Å². The van der Waals surface area contributed by atoms with Crippen LogP contribution in [0.2, 0.25) is 0 Å². The molecular formula is C23H20FNO3. The molecule has 0 spiro atoms. The molecule has 0 saturated heterocycles. The highest BCUT2D eigenvalue weighted by atomic mass is 19.1. The smallest absolute Gasteiger partial charge is 0.338 e. The van der Waals surface area contributed by atoms with Crippen LogP contribution in [0.25, 0.3) is 0 Å². The predicted molar refractivity (Wildman–Crippen MR) is 106 cm³/mol. The summed E-state index contributed by atoms with van der Waals surface area (Å²) in [5.41, 5.74) is 3.90. The minimum Gasteiger partial charge on any atom is -0.454 e. The van der Waals surface area contributed by atoms with Crippen molar-refractivity contribution in [1.29, 1.82) is 0 Å². The molecule has 0 radical (unpaired) electrons. The van der Waals surface area contributed by atoms with Crippen LogP contribution < -0.4 is 5.32 Å². The van der Waals surface area contributed by atoms with Gasteiger partial charge in [-0.3, -0.25) is 4.79 Å². The summed E-state index contributed by atoms with van der Waals surface area (Å²) in [6, 6.07) is 20.1. The van der Waals surface area contributed by atoms with Gasteiger partial charge in [-0.15, -0.1) is 0 Å². The summed E-state index contributed by atoms with van der Waals surface area (Å²) in [6.07, 6.45) is 0. The van der Waals surface area contributed by atoms with Gasteiger partial charge in [-0.25, -0.2) is 9.18 Å². The maximum Gasteiger partial charge on any atom is 0.338 e. The number of para-hydroxylation sites is 1. The first-order valence-electron chi connectivity index (χ1n) is 8.87. The molecule has 0 aliphatic heterocycles. The first-order valence-corrected chi connectivity index (χ1v) is 8.87. The second-order valence-corrected chi connectivity index (χ2v) is 6.37. The molecule has 0 saturated carbocycles. The molecule has 1 N–H and O–H groups in total. The van der Waals surface area contributed by atoms with Crippen molar-refractivity contribution in [2.45, 2.75) is 13.5 Å². The molecule has 0 amide bonds. The zero-order valence-electron chi connectivity index (χ0n) is 15.4. The van der Waals surface area contributed by atoms with Gasteiger partial charge in [-0.05, 0) is 60.5 Å². The fraction of sp³-hybridized carbons (Fsp3) is 0.130. The van der Waals surface area contributed by atoms with Gasteiger partial charge in [-0.2, -0.15) is 0 Å². The molecule has 3 rings (SSSR count). The van der Waals surface area contributed by atoms with Gasteiger partial charge in [-0.1, -0.05) is 30.3 Å². The zero-order chi connectivity index (χ0) is 19.9. The van der Waals surface area contributed by atoms with Crippen molar-refractivity contribution in [2.75, 3.05) is 11.9 Å². The second kappa shape index (κ2) is 8.95. The number of ether oxygens (including phenoxy) is 1. The average molecular weight is 377 g/mol. The lowest BCUT2D eigenvalue weighted by molar-refractivity contribution is 0.0474. The van der Waals surface area contributed by atoms with Crippen molar-refractivity contribution in [3.05, 3.63) is 101 Å². The number of hydrogen-bond donors (Lipinski definition) is 1. The normalized spacial score (nSPS) is 10.4. The van der Waals surface area contributed by atoms with E-state index in [0.29, 0.717) is 17.7 Å². The summed E-state index contributed by atoms with van der Waals surface area (Å²) in [5, 5.41) is 3.35. The lowest BCUT2D eigenvalue weighted by atomic mass is 10.1. The highest BCUT2D eigenvalue weighted by molar-refractivity contribution is 5.99. The van der Waals surface area contributed by atoms with Crippen LogP contribution in [-0.2, 0) is 11.3 Å². The third-order valence-electron chi connectivity index (χ3n) is 4.32. The Labute approximate surface area is 163 Å². The third kappa shape index (κ3) is 5.04. The van der Waals surface area contributed by atoms with Gasteiger partial charge in [0.05, 0.1) is 5.56 Å². The Bertz CT molecular complexity index is 966. The van der Waals surface area contributed by atoms with Crippen molar-refractivity contribution in [1.82, 2.24) is 0 Å². The standard InChI is InChI=1S/C23H20FNO3/c1-16-4-2-3-5-21(16)25-14-17-6-8-19(9-7-17)23(27)28-15-22(26)18-10-12-20(24)13-11-18/h2-13,25H,14-15H2,1H3. The molecule has 3 aromatic rings. The highest BCUT2D eigenvalue weighted by Gasteiger charge is 2.12. The maximum atomic E-state index is 12.9. The Hall–Kier alpha value is -3.47. The van der Waals surface area contributed by atoms with Crippen LogP contribution in [0.15, 0.2) is 72.8 Å². The molecule has 0 aliphatic carbocycles. The summed E-state index contributed by atoms with van der Waals surface area (Å²) < 4.78 is 17.9. The molecule has 0 bridgehead atoms. The average Bonchev–Trinajstić information content (AvgIpc) is 2.72. The number of anilines is 1. The number of carbonyl (C=O) groups is 2. The van der Waals surface area contributed by atoms with E-state index < -0.39 is 11.8 Å². The van der Waals surface area contributed by atoms with E-state index in [-0.39, 0.29) is 12.4 Å². The maximum absolute atomic E-state index is 12.9. The lowest BCUT2D eigenvalue weighted by Gasteiger charge is -2.10. The molecule has 0 fully saturated rings. The first kappa shape index (κ1) is 19.3. The van der Waals surface area contributed by atoms with E-state index >= 15 is 0 Å². The Morgan fingerprint density at radius 1 is 0.893 bits per heavy atom. The van der Waals surface area contributed by atoms with Crippen molar-refractivity contribution >= 4 is 17.4 Å². The van der Waals surface area contributed by atoms with Crippen LogP contribution >= 0.6 is 0 Å². The quantitative estimate of drug-likeness (QED) is 0.475. The van der Waals surface area contributed by atoms with Gasteiger partial charge in [0.25, 0.3) is 0 Å². The van der Waals surface area contributed by atoms with Crippen LogP contribution in [0.5, 0.6) is 0 Å². The lowest BCUT2D eigenvalue weighted by Crippen LogP contribution is -2.14. The van der Waals surface area contributed by atoms with E-state index in [1.54, 1.807) is 12.1 Å². The molecule has 3 aromatic carbocycles. The predicted octanol–water partition coefficient (Wildman–Crippen LogP) is 4.79. The molecule has 0 atom stereocenters. The number of halogens is 1. The fourth-order valence-electron chi connectivity index (χ4n) is 2.66. The van der Waals surface area contributed by atoms with E-state index in [1.165, 1.54) is 24.3 Å². The zero-order valence-corrected chi connectivity index (χ0v) is 15.4. The van der Waals surface area contributed by atoms with E-state index in [4.69, 9.17) is 4.74 Å². The van der Waals surface area contributed by atoms with E-state index in [1.807, 2.05) is 43.3 Å². The number of benzene rings is 3. The summed E-state index contributed by atoms with van der Waals surface area (Å²) in [4.78, 5) is 24.1. The summed E-state index contributed by atoms with van der Waals surface area (Å²) in [6.45, 7) is 2.28. The van der Waals surface area contributed by atoms with Gasteiger partial charge >= 0.3 is 5.97 Å². The van der Waals surface area contributed by atoms with Crippen molar-refractivity contribution < 1.29 is 18.7 Å². The molecule has 142 valence electrons. The third-order valence-corrected chi connectivity index (χ3v) is 4.32. The Kier molecular flexibility index (Phi) is 6.17. The minimum absolute atomic E-state index is 0.298. The van der Waals surface area contributed by atoms with Crippen molar-refractivity contribution in [3.63, 3.8) is 0 Å². The first-order chi connectivity index (χ1) is 13.5. The van der Waals surface area contributed by atoms with E-state index in [0.717, 1.165) is 16.8 Å². The summed E-state index contributed by atoms with van der Waals surface area (Å²) in [7, 11) is 0. The van der Waals surface area contributed by atoms with E-state index in [2.05, 4.69) is 5.32 Å². The number of ketones is 1. The summed E-state index contributed by atoms with van der Waals surface area (Å²) in [5.74, 6) is -1.38. The molecule has 5 heteroatoms. The monoisotopic (exact) mass is 377 g/mol.